The number of hydrogen-bond donors (Lipinski definition) is 1. The Kier molecular flexibility index (Phi) is 6.31. The minimum absolute atomic E-state index is 0.00412. The Hall–Kier alpha value is -2.44. The number of thioether (sulfide) groups is 1. The van der Waals surface area contributed by atoms with Gasteiger partial charge in [0.25, 0.3) is 11.5 Å². The molecule has 1 N–H and O–H groups in total. The Morgan fingerprint density at radius 3 is 2.39 bits per heavy atom. The molecule has 2 heterocycles. The summed E-state index contributed by atoms with van der Waals surface area (Å²) in [5.74, 6) is 0.313. The number of aromatic nitrogens is 1. The molecule has 0 fully saturated rings. The lowest BCUT2D eigenvalue weighted by atomic mass is 10.2. The third kappa shape index (κ3) is 4.51. The molecular weight excluding hydrogens is 388 g/mol. The Balaban J connectivity index is 0.000000161. The van der Waals surface area contributed by atoms with E-state index < -0.39 is 0 Å². The second-order valence-corrected chi connectivity index (χ2v) is 9.00. The number of nitrogens with one attached hydrogen (secondary N) is 1. The minimum Gasteiger partial charge on any atom is -0.316 e. The molecule has 144 valence electrons. The van der Waals surface area contributed by atoms with Crippen molar-refractivity contribution in [3.8, 4) is 0 Å². The molecule has 1 aliphatic rings. The summed E-state index contributed by atoms with van der Waals surface area (Å²) in [6.45, 7) is 8.09. The number of hydrogen-bond acceptors (Lipinski definition) is 5. The van der Waals surface area contributed by atoms with Crippen molar-refractivity contribution in [1.29, 1.82) is 0 Å². The predicted molar refractivity (Wildman–Crippen MR) is 118 cm³/mol. The highest BCUT2D eigenvalue weighted by molar-refractivity contribution is 8.03. The summed E-state index contributed by atoms with van der Waals surface area (Å²) in [6.07, 6.45) is 0. The summed E-state index contributed by atoms with van der Waals surface area (Å²) in [7, 11) is 0. The molecule has 0 atom stereocenters. The van der Waals surface area contributed by atoms with Gasteiger partial charge >= 0.3 is 0 Å². The maximum absolute atomic E-state index is 11.6. The van der Waals surface area contributed by atoms with Crippen LogP contribution in [-0.4, -0.2) is 10.9 Å². The van der Waals surface area contributed by atoms with Crippen LogP contribution in [0.4, 0.5) is 0 Å². The van der Waals surface area contributed by atoms with E-state index in [9.17, 15) is 9.59 Å². The largest absolute Gasteiger partial charge is 0.316 e. The lowest BCUT2D eigenvalue weighted by Gasteiger charge is -2.19. The highest BCUT2D eigenvalue weighted by Crippen LogP contribution is 2.33. The number of carbonyl (C=O) groups is 1. The topological polar surface area (TPSA) is 59.1 Å². The number of carbonyl (C=O) groups excluding carboxylic acids is 1. The molecule has 0 radical (unpaired) electrons. The summed E-state index contributed by atoms with van der Waals surface area (Å²) >= 11 is 3.21. The average Bonchev–Trinajstić information content (AvgIpc) is 2.68. The predicted octanol–water partition coefficient (Wildman–Crippen LogP) is 5.55. The van der Waals surface area contributed by atoms with E-state index in [1.54, 1.807) is 23.1 Å². The molecule has 1 amide bonds. The number of benzene rings is 2. The first kappa shape index (κ1) is 20.3. The zero-order valence-corrected chi connectivity index (χ0v) is 17.9. The Morgan fingerprint density at radius 2 is 1.68 bits per heavy atom. The number of amides is 1. The second-order valence-electron chi connectivity index (χ2n) is 6.89. The Morgan fingerprint density at radius 1 is 1.00 bits per heavy atom. The summed E-state index contributed by atoms with van der Waals surface area (Å²) in [4.78, 5) is 28.3. The highest BCUT2D eigenvalue weighted by Gasteiger charge is 2.20. The lowest BCUT2D eigenvalue weighted by molar-refractivity contribution is 0.0963. The molecule has 0 unspecified atom stereocenters. The first-order valence-electron chi connectivity index (χ1n) is 9.02. The van der Waals surface area contributed by atoms with Crippen molar-refractivity contribution in [3.05, 3.63) is 80.1 Å². The summed E-state index contributed by atoms with van der Waals surface area (Å²) < 4.78 is 1.02. The molecule has 1 aliphatic heterocycles. The molecule has 0 saturated carbocycles. The fraction of sp³-hybridized carbons (Fsp3) is 0.227. The zero-order chi connectivity index (χ0) is 20.3. The molecule has 28 heavy (non-hydrogen) atoms. The van der Waals surface area contributed by atoms with Crippen molar-refractivity contribution < 1.29 is 4.79 Å². The summed E-state index contributed by atoms with van der Waals surface area (Å²) in [5.41, 5.74) is 1.79. The van der Waals surface area contributed by atoms with Gasteiger partial charge in [0.05, 0.1) is 21.0 Å². The number of fused-ring (bicyclic) bond motifs is 2. The van der Waals surface area contributed by atoms with Gasteiger partial charge in [-0.05, 0) is 43.7 Å². The van der Waals surface area contributed by atoms with E-state index in [-0.39, 0.29) is 11.5 Å². The van der Waals surface area contributed by atoms with Gasteiger partial charge in [-0.1, -0.05) is 49.9 Å². The van der Waals surface area contributed by atoms with Crippen LogP contribution >= 0.6 is 23.1 Å². The van der Waals surface area contributed by atoms with Crippen molar-refractivity contribution >= 4 is 39.1 Å². The van der Waals surface area contributed by atoms with Gasteiger partial charge in [-0.3, -0.25) is 9.59 Å². The smallest absolute Gasteiger partial charge is 0.279 e. The molecule has 0 spiro atoms. The van der Waals surface area contributed by atoms with Crippen molar-refractivity contribution in [2.75, 3.05) is 0 Å². The van der Waals surface area contributed by atoms with Crippen LogP contribution in [0.2, 0.25) is 0 Å². The van der Waals surface area contributed by atoms with Crippen LogP contribution < -0.4 is 10.9 Å². The second kappa shape index (κ2) is 8.71. The fourth-order valence-corrected chi connectivity index (χ4v) is 4.54. The fourth-order valence-electron chi connectivity index (χ4n) is 2.55. The van der Waals surface area contributed by atoms with Gasteiger partial charge in [0.15, 0.2) is 0 Å². The van der Waals surface area contributed by atoms with E-state index in [1.807, 2.05) is 76.2 Å². The zero-order valence-electron chi connectivity index (χ0n) is 16.3. The molecule has 3 aromatic rings. The lowest BCUT2D eigenvalue weighted by Crippen LogP contribution is -2.26. The van der Waals surface area contributed by atoms with Gasteiger partial charge in [0.1, 0.15) is 0 Å². The normalized spacial score (nSPS) is 12.9. The molecule has 0 bridgehead atoms. The van der Waals surface area contributed by atoms with Gasteiger partial charge in [-0.25, -0.2) is 4.98 Å². The van der Waals surface area contributed by atoms with E-state index in [2.05, 4.69) is 10.3 Å². The third-order valence-electron chi connectivity index (χ3n) is 4.06. The first-order chi connectivity index (χ1) is 13.4. The van der Waals surface area contributed by atoms with Gasteiger partial charge < -0.3 is 5.32 Å². The van der Waals surface area contributed by atoms with Gasteiger partial charge in [-0.2, -0.15) is 0 Å². The molecule has 2 aromatic carbocycles. The van der Waals surface area contributed by atoms with Crippen LogP contribution in [0, 0.1) is 0 Å². The van der Waals surface area contributed by atoms with Crippen molar-refractivity contribution in [2.24, 2.45) is 0 Å². The minimum atomic E-state index is -0.108. The van der Waals surface area contributed by atoms with E-state index >= 15 is 0 Å². The molecule has 0 aliphatic carbocycles. The molecule has 4 rings (SSSR count). The van der Waals surface area contributed by atoms with Gasteiger partial charge in [0.2, 0.25) is 0 Å². The third-order valence-corrected chi connectivity index (χ3v) is 6.70. The van der Waals surface area contributed by atoms with Crippen LogP contribution in [0.25, 0.3) is 10.1 Å². The van der Waals surface area contributed by atoms with Gasteiger partial charge in [-0.15, -0.1) is 11.3 Å². The van der Waals surface area contributed by atoms with E-state index in [0.29, 0.717) is 5.92 Å². The standard InChI is InChI=1S/2C11H11NOS/c2*1-7(2)11-12-10(13)8-5-3-4-6-9(8)14-11/h3-6H,1-2H3,(H,12,13);3-7H,1-2H3. The molecule has 6 heteroatoms. The summed E-state index contributed by atoms with van der Waals surface area (Å²) in [5, 5.41) is 5.46. The highest BCUT2D eigenvalue weighted by atomic mass is 32.2. The van der Waals surface area contributed by atoms with Gasteiger partial charge in [0, 0.05) is 15.5 Å². The Bertz CT molecular complexity index is 1110. The van der Waals surface area contributed by atoms with Crippen LogP contribution in [0.1, 0.15) is 49.0 Å². The molecule has 1 aromatic heterocycles. The van der Waals surface area contributed by atoms with Crippen LogP contribution in [0.5, 0.6) is 0 Å². The quantitative estimate of drug-likeness (QED) is 0.571. The maximum Gasteiger partial charge on any atom is 0.279 e. The molecular formula is C22H22N2O2S2. The van der Waals surface area contributed by atoms with Crippen molar-refractivity contribution in [3.63, 3.8) is 0 Å². The van der Waals surface area contributed by atoms with Crippen molar-refractivity contribution in [1.82, 2.24) is 10.3 Å². The first-order valence-corrected chi connectivity index (χ1v) is 10.7. The molecule has 4 nitrogen and oxygen atoms in total. The van der Waals surface area contributed by atoms with E-state index in [4.69, 9.17) is 0 Å². The number of nitrogens with zero attached hydrogens (tertiary/aromatic N) is 1. The van der Waals surface area contributed by atoms with Crippen LogP contribution in [0.3, 0.4) is 0 Å². The SMILES string of the molecule is CC(C)=C1NC(=O)c2ccccc2S1.CC(C)c1nc(=O)c2ccccc2s1. The Labute approximate surface area is 172 Å². The summed E-state index contributed by atoms with van der Waals surface area (Å²) in [6, 6.07) is 15.3. The van der Waals surface area contributed by atoms with Crippen molar-refractivity contribution in [2.45, 2.75) is 38.5 Å². The molecule has 0 saturated heterocycles. The number of allylic oxidation sites excluding steroid dienone is 1. The van der Waals surface area contributed by atoms with E-state index in [1.165, 1.54) is 0 Å². The van der Waals surface area contributed by atoms with Crippen LogP contribution in [0.15, 0.2) is 68.8 Å². The average molecular weight is 411 g/mol. The monoisotopic (exact) mass is 410 g/mol. The number of rotatable bonds is 1. The maximum atomic E-state index is 11.6. The van der Waals surface area contributed by atoms with E-state index in [0.717, 1.165) is 36.2 Å². The van der Waals surface area contributed by atoms with Crippen LogP contribution in [-0.2, 0) is 0 Å².